The number of hydrogen-bond acceptors (Lipinski definition) is 2. The van der Waals surface area contributed by atoms with Gasteiger partial charge in [-0.3, -0.25) is 4.79 Å². The molecule has 0 spiro atoms. The molecule has 0 aliphatic heterocycles. The Labute approximate surface area is 109 Å². The number of carbonyl (C=O) groups is 1. The van der Waals surface area contributed by atoms with Gasteiger partial charge in [-0.15, -0.1) is 0 Å². The van der Waals surface area contributed by atoms with Crippen LogP contribution >= 0.6 is 11.8 Å². The van der Waals surface area contributed by atoms with E-state index in [4.69, 9.17) is 0 Å². The number of para-hydroxylation sites is 1. The Morgan fingerprint density at radius 3 is 2.44 bits per heavy atom. The van der Waals surface area contributed by atoms with Crippen molar-refractivity contribution >= 4 is 29.0 Å². The van der Waals surface area contributed by atoms with Gasteiger partial charge in [-0.25, -0.2) is 0 Å². The van der Waals surface area contributed by atoms with Crippen molar-refractivity contribution < 1.29 is 4.79 Å². The minimum atomic E-state index is 0.644. The van der Waals surface area contributed by atoms with Gasteiger partial charge in [0.1, 0.15) is 0 Å². The molecular weight excluding hydrogens is 242 g/mol. The second-order valence-corrected chi connectivity index (χ2v) is 5.03. The standard InChI is InChI=1S/C15H11NOS/c17-10-14-15(18-11-6-2-1-3-7-11)12-8-4-5-9-13(12)16-14/h1-10,16H. The van der Waals surface area contributed by atoms with Crippen molar-refractivity contribution in [3.63, 3.8) is 0 Å². The van der Waals surface area contributed by atoms with Crippen LogP contribution in [0.2, 0.25) is 0 Å². The molecule has 1 N–H and O–H groups in total. The van der Waals surface area contributed by atoms with Crippen LogP contribution in [-0.4, -0.2) is 11.3 Å². The molecule has 0 unspecified atom stereocenters. The largest absolute Gasteiger partial charge is 0.351 e. The number of H-pyrrole nitrogens is 1. The van der Waals surface area contributed by atoms with Gasteiger partial charge in [0, 0.05) is 20.7 Å². The van der Waals surface area contributed by atoms with E-state index >= 15 is 0 Å². The first kappa shape index (κ1) is 11.1. The highest BCUT2D eigenvalue weighted by atomic mass is 32.2. The zero-order chi connectivity index (χ0) is 12.4. The number of carbonyl (C=O) groups excluding carboxylic acids is 1. The molecule has 2 nitrogen and oxygen atoms in total. The summed E-state index contributed by atoms with van der Waals surface area (Å²) in [5, 5.41) is 1.09. The molecule has 2 aromatic carbocycles. The fourth-order valence-electron chi connectivity index (χ4n) is 1.94. The molecule has 3 heteroatoms. The number of aromatic amines is 1. The third kappa shape index (κ3) is 1.93. The van der Waals surface area contributed by atoms with Crippen molar-refractivity contribution in [2.24, 2.45) is 0 Å². The lowest BCUT2D eigenvalue weighted by Crippen LogP contribution is -1.81. The summed E-state index contributed by atoms with van der Waals surface area (Å²) >= 11 is 1.61. The summed E-state index contributed by atoms with van der Waals surface area (Å²) < 4.78 is 0. The van der Waals surface area contributed by atoms with Crippen LogP contribution in [0.3, 0.4) is 0 Å². The quantitative estimate of drug-likeness (QED) is 0.712. The van der Waals surface area contributed by atoms with Gasteiger partial charge in [-0.2, -0.15) is 0 Å². The smallest absolute Gasteiger partial charge is 0.167 e. The van der Waals surface area contributed by atoms with Crippen LogP contribution in [0.15, 0.2) is 64.4 Å². The van der Waals surface area contributed by atoms with Gasteiger partial charge in [0.25, 0.3) is 0 Å². The first-order valence-corrected chi connectivity index (χ1v) is 6.49. The summed E-state index contributed by atoms with van der Waals surface area (Å²) in [7, 11) is 0. The van der Waals surface area contributed by atoms with E-state index in [2.05, 4.69) is 4.98 Å². The highest BCUT2D eigenvalue weighted by Crippen LogP contribution is 2.35. The highest BCUT2D eigenvalue weighted by Gasteiger charge is 2.11. The zero-order valence-electron chi connectivity index (χ0n) is 9.59. The van der Waals surface area contributed by atoms with E-state index in [0.29, 0.717) is 5.69 Å². The van der Waals surface area contributed by atoms with E-state index in [-0.39, 0.29) is 0 Å². The van der Waals surface area contributed by atoms with Crippen molar-refractivity contribution in [3.05, 3.63) is 60.3 Å². The Balaban J connectivity index is 2.12. The fourth-order valence-corrected chi connectivity index (χ4v) is 2.96. The van der Waals surface area contributed by atoms with Crippen molar-refractivity contribution in [1.29, 1.82) is 0 Å². The topological polar surface area (TPSA) is 32.9 Å². The van der Waals surface area contributed by atoms with Crippen LogP contribution in [-0.2, 0) is 0 Å². The summed E-state index contributed by atoms with van der Waals surface area (Å²) in [5.74, 6) is 0. The second kappa shape index (κ2) is 4.70. The van der Waals surface area contributed by atoms with Crippen LogP contribution in [0.1, 0.15) is 10.5 Å². The number of fused-ring (bicyclic) bond motifs is 1. The summed E-state index contributed by atoms with van der Waals surface area (Å²) in [6.45, 7) is 0. The van der Waals surface area contributed by atoms with Crippen molar-refractivity contribution in [2.45, 2.75) is 9.79 Å². The lowest BCUT2D eigenvalue weighted by molar-refractivity contribution is 0.111. The minimum absolute atomic E-state index is 0.644. The maximum absolute atomic E-state index is 11.1. The molecule has 0 aliphatic carbocycles. The van der Waals surface area contributed by atoms with Crippen LogP contribution in [0.5, 0.6) is 0 Å². The molecule has 1 aromatic heterocycles. The molecule has 0 radical (unpaired) electrons. The number of aldehydes is 1. The first-order chi connectivity index (χ1) is 8.88. The van der Waals surface area contributed by atoms with Gasteiger partial charge >= 0.3 is 0 Å². The Kier molecular flexibility index (Phi) is 2.90. The van der Waals surface area contributed by atoms with Crippen molar-refractivity contribution in [1.82, 2.24) is 4.98 Å². The first-order valence-electron chi connectivity index (χ1n) is 5.67. The Morgan fingerprint density at radius 1 is 0.944 bits per heavy atom. The Hall–Kier alpha value is -2.00. The molecule has 0 atom stereocenters. The molecule has 0 amide bonds. The Morgan fingerprint density at radius 2 is 1.67 bits per heavy atom. The molecule has 0 aliphatic rings. The number of aromatic nitrogens is 1. The van der Waals surface area contributed by atoms with E-state index in [0.717, 1.165) is 27.0 Å². The molecule has 18 heavy (non-hydrogen) atoms. The maximum Gasteiger partial charge on any atom is 0.167 e. The van der Waals surface area contributed by atoms with E-state index in [9.17, 15) is 4.79 Å². The molecule has 88 valence electrons. The SMILES string of the molecule is O=Cc1[nH]c2ccccc2c1Sc1ccccc1. The van der Waals surface area contributed by atoms with Gasteiger partial charge in [-0.1, -0.05) is 48.2 Å². The van der Waals surface area contributed by atoms with Crippen LogP contribution in [0, 0.1) is 0 Å². The van der Waals surface area contributed by atoms with E-state index in [1.807, 2.05) is 54.6 Å². The van der Waals surface area contributed by atoms with Crippen LogP contribution in [0.4, 0.5) is 0 Å². The summed E-state index contributed by atoms with van der Waals surface area (Å²) in [6, 6.07) is 18.0. The van der Waals surface area contributed by atoms with E-state index in [1.54, 1.807) is 11.8 Å². The summed E-state index contributed by atoms with van der Waals surface area (Å²) in [6.07, 6.45) is 0.880. The van der Waals surface area contributed by atoms with Gasteiger partial charge in [0.2, 0.25) is 0 Å². The molecular formula is C15H11NOS. The predicted molar refractivity (Wildman–Crippen MR) is 74.3 cm³/mol. The third-order valence-corrected chi connectivity index (χ3v) is 3.92. The minimum Gasteiger partial charge on any atom is -0.351 e. The lowest BCUT2D eigenvalue weighted by atomic mass is 10.2. The molecule has 1 heterocycles. The van der Waals surface area contributed by atoms with Gasteiger partial charge in [0.05, 0.1) is 5.69 Å². The number of hydrogen-bond donors (Lipinski definition) is 1. The predicted octanol–water partition coefficient (Wildman–Crippen LogP) is 4.13. The molecule has 0 fully saturated rings. The average molecular weight is 253 g/mol. The van der Waals surface area contributed by atoms with E-state index < -0.39 is 0 Å². The molecule has 0 saturated carbocycles. The van der Waals surface area contributed by atoms with Gasteiger partial charge in [-0.05, 0) is 18.2 Å². The highest BCUT2D eigenvalue weighted by molar-refractivity contribution is 7.99. The number of benzene rings is 2. The van der Waals surface area contributed by atoms with Gasteiger partial charge in [0.15, 0.2) is 6.29 Å². The lowest BCUT2D eigenvalue weighted by Gasteiger charge is -2.00. The Bertz CT molecular complexity index is 688. The fraction of sp³-hybridized carbons (Fsp3) is 0. The second-order valence-electron chi connectivity index (χ2n) is 3.95. The third-order valence-electron chi connectivity index (χ3n) is 2.77. The van der Waals surface area contributed by atoms with E-state index in [1.165, 1.54) is 0 Å². The van der Waals surface area contributed by atoms with Gasteiger partial charge < -0.3 is 4.98 Å². The van der Waals surface area contributed by atoms with Crippen molar-refractivity contribution in [2.75, 3.05) is 0 Å². The number of rotatable bonds is 3. The molecule has 3 rings (SSSR count). The van der Waals surface area contributed by atoms with Crippen LogP contribution in [0.25, 0.3) is 10.9 Å². The molecule has 0 saturated heterocycles. The summed E-state index contributed by atoms with van der Waals surface area (Å²) in [5.41, 5.74) is 1.64. The average Bonchev–Trinajstić information content (AvgIpc) is 2.78. The van der Waals surface area contributed by atoms with Crippen LogP contribution < -0.4 is 0 Å². The zero-order valence-corrected chi connectivity index (χ0v) is 10.4. The maximum atomic E-state index is 11.1. The van der Waals surface area contributed by atoms with Crippen molar-refractivity contribution in [3.8, 4) is 0 Å². The molecule has 3 aromatic rings. The molecule has 0 bridgehead atoms. The normalized spacial score (nSPS) is 10.7. The summed E-state index contributed by atoms with van der Waals surface area (Å²) in [4.78, 5) is 16.4. The monoisotopic (exact) mass is 253 g/mol. The number of nitrogens with one attached hydrogen (secondary N) is 1.